The third-order valence-corrected chi connectivity index (χ3v) is 5.22. The maximum Gasteiger partial charge on any atom is 0.326 e. The summed E-state index contributed by atoms with van der Waals surface area (Å²) < 4.78 is 0. The van der Waals surface area contributed by atoms with E-state index >= 15 is 0 Å². The Morgan fingerprint density at radius 2 is 1.54 bits per heavy atom. The van der Waals surface area contributed by atoms with Gasteiger partial charge in [-0.25, -0.2) is 9.78 Å². The Hall–Kier alpha value is -4.74. The highest BCUT2D eigenvalue weighted by Crippen LogP contribution is 2.05. The molecule has 39 heavy (non-hydrogen) atoms. The number of rotatable bonds is 18. The molecule has 1 rings (SSSR count). The first kappa shape index (κ1) is 32.3. The molecule has 0 saturated carbocycles. The van der Waals surface area contributed by atoms with E-state index in [1.807, 2.05) is 0 Å². The number of aromatic amines is 1. The normalized spacial score (nSPS) is 13.7. The fraction of sp³-hybridized carbons (Fsp3) is 0.524. The van der Waals surface area contributed by atoms with Gasteiger partial charge in [-0.2, -0.15) is 0 Å². The van der Waals surface area contributed by atoms with Crippen LogP contribution in [0.1, 0.15) is 37.8 Å². The molecule has 0 aliphatic rings. The summed E-state index contributed by atoms with van der Waals surface area (Å²) in [6.45, 7) is 0.0843. The second-order valence-corrected chi connectivity index (χ2v) is 8.46. The van der Waals surface area contributed by atoms with Gasteiger partial charge in [0.25, 0.3) is 0 Å². The Labute approximate surface area is 222 Å². The summed E-state index contributed by atoms with van der Waals surface area (Å²) in [7, 11) is 0. The van der Waals surface area contributed by atoms with Crippen molar-refractivity contribution in [2.75, 3.05) is 6.54 Å². The van der Waals surface area contributed by atoms with E-state index < -0.39 is 66.2 Å². The molecule has 0 fully saturated rings. The number of H-pyrrole nitrogens is 1. The molecule has 0 spiro atoms. The average Bonchev–Trinajstić information content (AvgIpc) is 3.35. The zero-order chi connectivity index (χ0) is 29.5. The van der Waals surface area contributed by atoms with Crippen LogP contribution in [0.2, 0.25) is 0 Å². The number of imidazole rings is 1. The first-order valence-corrected chi connectivity index (χ1v) is 11.7. The van der Waals surface area contributed by atoms with Crippen molar-refractivity contribution in [1.82, 2.24) is 25.9 Å². The van der Waals surface area contributed by atoms with Gasteiger partial charge in [-0.1, -0.05) is 0 Å². The van der Waals surface area contributed by atoms with E-state index in [0.29, 0.717) is 5.69 Å². The zero-order valence-corrected chi connectivity index (χ0v) is 21.0. The molecule has 4 unspecified atom stereocenters. The van der Waals surface area contributed by atoms with Crippen LogP contribution in [0.5, 0.6) is 0 Å². The Bertz CT molecular complexity index is 1040. The minimum Gasteiger partial charge on any atom is -0.481 e. The van der Waals surface area contributed by atoms with Gasteiger partial charge >= 0.3 is 11.9 Å². The molecule has 1 aromatic heterocycles. The lowest BCUT2D eigenvalue weighted by Gasteiger charge is -2.24. The molecule has 18 nitrogen and oxygen atoms in total. The van der Waals surface area contributed by atoms with Crippen LogP contribution >= 0.6 is 0 Å². The maximum absolute atomic E-state index is 13.0. The fourth-order valence-corrected chi connectivity index (χ4v) is 3.25. The highest BCUT2D eigenvalue weighted by atomic mass is 16.4. The number of amides is 4. The number of nitrogens with one attached hydrogen (secondary N) is 4. The zero-order valence-electron chi connectivity index (χ0n) is 21.0. The van der Waals surface area contributed by atoms with Crippen molar-refractivity contribution in [3.63, 3.8) is 0 Å². The quantitative estimate of drug-likeness (QED) is 0.0467. The lowest BCUT2D eigenvalue weighted by molar-refractivity contribution is -0.143. The van der Waals surface area contributed by atoms with Crippen molar-refractivity contribution < 1.29 is 39.0 Å². The lowest BCUT2D eigenvalue weighted by atomic mass is 10.1. The molecule has 0 radical (unpaired) electrons. The molecule has 0 saturated heterocycles. The van der Waals surface area contributed by atoms with E-state index in [-0.39, 0.29) is 44.6 Å². The number of hydrogen-bond acceptors (Lipinski definition) is 9. The number of nitrogens with zero attached hydrogens (tertiary/aromatic N) is 2. The van der Waals surface area contributed by atoms with E-state index in [1.165, 1.54) is 12.5 Å². The van der Waals surface area contributed by atoms with E-state index in [2.05, 4.69) is 30.9 Å². The minimum atomic E-state index is -1.72. The van der Waals surface area contributed by atoms with Gasteiger partial charge in [-0.05, 0) is 19.3 Å². The Morgan fingerprint density at radius 1 is 0.923 bits per heavy atom. The van der Waals surface area contributed by atoms with Gasteiger partial charge in [-0.3, -0.25) is 29.0 Å². The molecule has 0 bridgehead atoms. The van der Waals surface area contributed by atoms with Gasteiger partial charge in [0.05, 0.1) is 18.8 Å². The number of hydrogen-bond donors (Lipinski definition) is 10. The lowest BCUT2D eigenvalue weighted by Crippen LogP contribution is -2.57. The predicted octanol–water partition coefficient (Wildman–Crippen LogP) is -4.39. The number of carbonyl (C=O) groups is 6. The van der Waals surface area contributed by atoms with Crippen LogP contribution < -0.4 is 38.9 Å². The molecule has 0 aromatic carbocycles. The van der Waals surface area contributed by atoms with Crippen molar-refractivity contribution in [3.05, 3.63) is 18.2 Å². The molecule has 1 heterocycles. The van der Waals surface area contributed by atoms with Gasteiger partial charge in [0, 0.05) is 31.3 Å². The predicted molar refractivity (Wildman–Crippen MR) is 134 cm³/mol. The summed E-state index contributed by atoms with van der Waals surface area (Å²) in [5.74, 6) is -6.76. The number of primary amides is 1. The number of aliphatic imine (C=N–C) groups is 1. The number of aromatic nitrogens is 2. The second kappa shape index (κ2) is 16.2. The monoisotopic (exact) mass is 554 g/mol. The highest BCUT2D eigenvalue weighted by molar-refractivity contribution is 5.95. The average molecular weight is 555 g/mol. The van der Waals surface area contributed by atoms with Crippen molar-refractivity contribution in [1.29, 1.82) is 0 Å². The van der Waals surface area contributed by atoms with Gasteiger partial charge in [0.2, 0.25) is 23.6 Å². The minimum absolute atomic E-state index is 0.0415. The fourth-order valence-electron chi connectivity index (χ4n) is 3.25. The number of aliphatic carboxylic acids is 2. The van der Waals surface area contributed by atoms with Crippen molar-refractivity contribution in [3.8, 4) is 0 Å². The molecular formula is C21H34N10O8. The largest absolute Gasteiger partial charge is 0.481 e. The van der Waals surface area contributed by atoms with Crippen LogP contribution in [-0.2, 0) is 35.2 Å². The Kier molecular flexibility index (Phi) is 13.4. The molecule has 4 amide bonds. The SMILES string of the molecule is NC(=O)CCC(NC(=O)C(N)Cc1cnc[nH]1)C(=O)NC(CC(=O)O)C(=O)NC(CCCN=C(N)N)C(=O)O. The van der Waals surface area contributed by atoms with Gasteiger partial charge in [0.1, 0.15) is 18.1 Å². The summed E-state index contributed by atoms with van der Waals surface area (Å²) in [6, 6.07) is -5.70. The van der Waals surface area contributed by atoms with Crippen molar-refractivity contribution >= 4 is 41.5 Å². The topological polar surface area (TPSA) is 324 Å². The molecule has 4 atom stereocenters. The second-order valence-electron chi connectivity index (χ2n) is 8.46. The molecular weight excluding hydrogens is 520 g/mol. The molecule has 0 aliphatic carbocycles. The summed E-state index contributed by atoms with van der Waals surface area (Å²) >= 11 is 0. The van der Waals surface area contributed by atoms with Crippen molar-refractivity contribution in [2.24, 2.45) is 27.9 Å². The van der Waals surface area contributed by atoms with E-state index in [9.17, 15) is 39.0 Å². The van der Waals surface area contributed by atoms with Gasteiger partial charge in [-0.15, -0.1) is 0 Å². The summed E-state index contributed by atoms with van der Waals surface area (Å²) in [4.78, 5) is 82.8. The van der Waals surface area contributed by atoms with Crippen LogP contribution in [-0.4, -0.2) is 92.4 Å². The number of carboxylic acids is 2. The smallest absolute Gasteiger partial charge is 0.326 e. The summed E-state index contributed by atoms with van der Waals surface area (Å²) in [5, 5.41) is 25.4. The van der Waals surface area contributed by atoms with Crippen LogP contribution in [0, 0.1) is 0 Å². The van der Waals surface area contributed by atoms with E-state index in [1.54, 1.807) is 0 Å². The third-order valence-electron chi connectivity index (χ3n) is 5.22. The van der Waals surface area contributed by atoms with Crippen LogP contribution in [0.4, 0.5) is 0 Å². The molecule has 0 aliphatic heterocycles. The van der Waals surface area contributed by atoms with E-state index in [4.69, 9.17) is 22.9 Å². The maximum atomic E-state index is 13.0. The number of carbonyl (C=O) groups excluding carboxylic acids is 4. The Morgan fingerprint density at radius 3 is 2.08 bits per heavy atom. The molecule has 216 valence electrons. The number of nitrogens with two attached hydrogens (primary N) is 4. The highest BCUT2D eigenvalue weighted by Gasteiger charge is 2.31. The molecule has 1 aromatic rings. The van der Waals surface area contributed by atoms with Crippen molar-refractivity contribution in [2.45, 2.75) is 62.7 Å². The first-order chi connectivity index (χ1) is 18.3. The number of carboxylic acid groups (broad SMARTS) is 2. The summed E-state index contributed by atoms with van der Waals surface area (Å²) in [6.07, 6.45) is 1.42. The molecule has 14 N–H and O–H groups in total. The van der Waals surface area contributed by atoms with Crippen LogP contribution in [0.25, 0.3) is 0 Å². The van der Waals surface area contributed by atoms with Gasteiger partial charge < -0.3 is 54.1 Å². The van der Waals surface area contributed by atoms with Crippen LogP contribution in [0.15, 0.2) is 17.5 Å². The summed E-state index contributed by atoms with van der Waals surface area (Å²) in [5.41, 5.74) is 22.0. The standard InChI is InChI=1S/C21H34N10O8/c22-11(6-10-8-26-9-28-10)17(35)29-12(3-4-15(23)32)18(36)31-14(7-16(33)34)19(37)30-13(20(38)39)2-1-5-27-21(24)25/h8-9,11-14H,1-7,22H2,(H2,23,32)(H,26,28)(H,29,35)(H,30,37)(H,31,36)(H,33,34)(H,38,39)(H4,24,25,27). The first-order valence-electron chi connectivity index (χ1n) is 11.7. The van der Waals surface area contributed by atoms with Gasteiger partial charge in [0.15, 0.2) is 5.96 Å². The molecule has 18 heteroatoms. The van der Waals surface area contributed by atoms with Crippen LogP contribution in [0.3, 0.4) is 0 Å². The number of guanidine groups is 1. The Balaban J connectivity index is 2.96. The van der Waals surface area contributed by atoms with E-state index in [0.717, 1.165) is 0 Å². The third kappa shape index (κ3) is 12.9.